The summed E-state index contributed by atoms with van der Waals surface area (Å²) in [4.78, 5) is 2.61. The molecule has 0 heterocycles. The van der Waals surface area contributed by atoms with Crippen LogP contribution in [0.15, 0.2) is 169 Å². The average molecular weight is 774 g/mol. The molecule has 0 saturated heterocycles. The summed E-state index contributed by atoms with van der Waals surface area (Å²) in [5, 5.41) is 5.17. The second kappa shape index (κ2) is 14.1. The van der Waals surface area contributed by atoms with Gasteiger partial charge in [0, 0.05) is 17.5 Å². The maximum absolute atomic E-state index is 2.61. The fourth-order valence-electron chi connectivity index (χ4n) is 11.2. The third-order valence-electron chi connectivity index (χ3n) is 14.1. The topological polar surface area (TPSA) is 3.24 Å². The lowest BCUT2D eigenvalue weighted by Gasteiger charge is -2.33. The number of nitrogens with zero attached hydrogens (tertiary/aromatic N) is 1. The Labute approximate surface area is 355 Å². The third-order valence-corrected chi connectivity index (χ3v) is 14.1. The summed E-state index contributed by atoms with van der Waals surface area (Å²) >= 11 is 0. The van der Waals surface area contributed by atoms with Gasteiger partial charge in [0.2, 0.25) is 0 Å². The zero-order chi connectivity index (χ0) is 40.7. The van der Waals surface area contributed by atoms with Gasteiger partial charge < -0.3 is 4.90 Å². The molecule has 0 aliphatic heterocycles. The van der Waals surface area contributed by atoms with E-state index in [-0.39, 0.29) is 5.41 Å². The molecule has 0 saturated carbocycles. The van der Waals surface area contributed by atoms with Gasteiger partial charge in [0.05, 0.1) is 11.4 Å². The van der Waals surface area contributed by atoms with E-state index in [1.807, 2.05) is 0 Å². The van der Waals surface area contributed by atoms with E-state index in [4.69, 9.17) is 0 Å². The van der Waals surface area contributed by atoms with Crippen LogP contribution in [0.1, 0.15) is 92.3 Å². The summed E-state index contributed by atoms with van der Waals surface area (Å²) in [6.45, 7) is 11.8. The summed E-state index contributed by atoms with van der Waals surface area (Å²) in [5.41, 5.74) is 24.1. The van der Waals surface area contributed by atoms with Gasteiger partial charge in [-0.25, -0.2) is 0 Å². The molecule has 60 heavy (non-hydrogen) atoms. The van der Waals surface area contributed by atoms with Crippen molar-refractivity contribution in [2.45, 2.75) is 72.1 Å². The molecule has 11 rings (SSSR count). The lowest BCUT2D eigenvalue weighted by Crippen LogP contribution is -2.21. The van der Waals surface area contributed by atoms with Gasteiger partial charge in [-0.05, 0) is 169 Å². The van der Waals surface area contributed by atoms with E-state index in [0.717, 1.165) is 32.1 Å². The minimum atomic E-state index is -0.186. The van der Waals surface area contributed by atoms with Crippen molar-refractivity contribution in [3.63, 3.8) is 0 Å². The first-order chi connectivity index (χ1) is 29.3. The smallest absolute Gasteiger partial charge is 0.0508 e. The van der Waals surface area contributed by atoms with E-state index >= 15 is 0 Å². The van der Waals surface area contributed by atoms with E-state index in [1.54, 1.807) is 5.57 Å². The standard InChI is InChI=1S/C59H51N/c1-6-39-19-10-12-22-45(39)50-35-42-31-30-40-32-33-43(36-51(40)57(42)56(38(50)3)44-21-9-7-8-18-37(44)2)60(54-28-16-25-47-46-23-13-11-20-41(46)34-52(47)54)55-29-17-26-49-48-24-14-15-27-53(48)59(4,5)58(49)55/h8-9,11-18,20-33,35-36H,6-7,10,19,34H2,1-5H3. The molecule has 0 aromatic heterocycles. The van der Waals surface area contributed by atoms with Crippen molar-refractivity contribution in [2.24, 2.45) is 0 Å². The molecule has 0 spiro atoms. The molecular weight excluding hydrogens is 723 g/mol. The Morgan fingerprint density at radius 2 is 1.33 bits per heavy atom. The number of hydrogen-bond donors (Lipinski definition) is 0. The Hall–Kier alpha value is -6.44. The van der Waals surface area contributed by atoms with E-state index < -0.39 is 0 Å². The Morgan fingerprint density at radius 3 is 2.20 bits per heavy atom. The number of benzene rings is 7. The molecule has 292 valence electrons. The van der Waals surface area contributed by atoms with Gasteiger partial charge >= 0.3 is 0 Å². The number of allylic oxidation sites excluding steroid dienone is 10. The van der Waals surface area contributed by atoms with E-state index in [2.05, 4.69) is 197 Å². The van der Waals surface area contributed by atoms with Crippen molar-refractivity contribution in [1.29, 1.82) is 0 Å². The number of rotatable bonds is 6. The largest absolute Gasteiger partial charge is 0.310 e. The number of anilines is 3. The molecule has 0 amide bonds. The number of fused-ring (bicyclic) bond motifs is 9. The van der Waals surface area contributed by atoms with Gasteiger partial charge in [-0.3, -0.25) is 0 Å². The first-order valence-electron chi connectivity index (χ1n) is 22.0. The molecule has 0 unspecified atom stereocenters. The predicted octanol–water partition coefficient (Wildman–Crippen LogP) is 16.5. The van der Waals surface area contributed by atoms with Crippen molar-refractivity contribution >= 4 is 49.8 Å². The summed E-state index contributed by atoms with van der Waals surface area (Å²) in [6, 6.07) is 46.4. The molecule has 0 N–H and O–H groups in total. The summed E-state index contributed by atoms with van der Waals surface area (Å²) in [6.07, 6.45) is 19.3. The average Bonchev–Trinajstić information content (AvgIpc) is 3.68. The zero-order valence-electron chi connectivity index (χ0n) is 35.5. The lowest BCUT2D eigenvalue weighted by atomic mass is 9.81. The summed E-state index contributed by atoms with van der Waals surface area (Å²) in [5.74, 6) is 0. The van der Waals surface area contributed by atoms with Crippen LogP contribution in [0, 0.1) is 6.92 Å². The fraction of sp³-hybridized carbons (Fsp3) is 0.186. The van der Waals surface area contributed by atoms with Crippen LogP contribution in [0.2, 0.25) is 0 Å². The molecule has 1 heteroatoms. The second-order valence-electron chi connectivity index (χ2n) is 17.8. The molecule has 0 bridgehead atoms. The van der Waals surface area contributed by atoms with Gasteiger partial charge in [0.15, 0.2) is 0 Å². The second-order valence-corrected chi connectivity index (χ2v) is 17.8. The molecule has 1 nitrogen and oxygen atoms in total. The number of hydrogen-bond acceptors (Lipinski definition) is 1. The Balaban J connectivity index is 1.22. The van der Waals surface area contributed by atoms with Crippen LogP contribution in [0.25, 0.3) is 54.9 Å². The van der Waals surface area contributed by atoms with Gasteiger partial charge in [-0.1, -0.05) is 154 Å². The molecule has 4 aliphatic carbocycles. The Morgan fingerprint density at radius 1 is 0.617 bits per heavy atom. The van der Waals surface area contributed by atoms with Crippen LogP contribution in [-0.2, 0) is 11.8 Å². The van der Waals surface area contributed by atoms with Crippen molar-refractivity contribution in [3.05, 3.63) is 208 Å². The monoisotopic (exact) mass is 773 g/mol. The fourth-order valence-corrected chi connectivity index (χ4v) is 11.2. The van der Waals surface area contributed by atoms with Crippen LogP contribution in [0.3, 0.4) is 0 Å². The van der Waals surface area contributed by atoms with Crippen molar-refractivity contribution in [2.75, 3.05) is 4.90 Å². The quantitative estimate of drug-likeness (QED) is 0.152. The highest BCUT2D eigenvalue weighted by Crippen LogP contribution is 2.56. The molecule has 0 atom stereocenters. The van der Waals surface area contributed by atoms with Gasteiger partial charge in [-0.2, -0.15) is 0 Å². The maximum Gasteiger partial charge on any atom is 0.0508 e. The maximum atomic E-state index is 2.61. The van der Waals surface area contributed by atoms with Crippen molar-refractivity contribution in [1.82, 2.24) is 0 Å². The van der Waals surface area contributed by atoms with Crippen LogP contribution in [-0.4, -0.2) is 0 Å². The van der Waals surface area contributed by atoms with E-state index in [9.17, 15) is 0 Å². The van der Waals surface area contributed by atoms with Crippen LogP contribution < -0.4 is 4.90 Å². The Bertz CT molecular complexity index is 3120. The minimum Gasteiger partial charge on any atom is -0.310 e. The van der Waals surface area contributed by atoms with Crippen LogP contribution >= 0.6 is 0 Å². The third kappa shape index (κ3) is 5.52. The first kappa shape index (κ1) is 36.6. The minimum absolute atomic E-state index is 0.186. The molecule has 7 aromatic rings. The summed E-state index contributed by atoms with van der Waals surface area (Å²) in [7, 11) is 0. The van der Waals surface area contributed by atoms with Crippen molar-refractivity contribution < 1.29 is 0 Å². The molecular formula is C59H51N. The van der Waals surface area contributed by atoms with Gasteiger partial charge in [-0.15, -0.1) is 0 Å². The molecule has 0 radical (unpaired) electrons. The highest BCUT2D eigenvalue weighted by molar-refractivity contribution is 6.16. The SMILES string of the molecule is CCC1=C(c2cc3ccc4ccc(N(c5cccc6c5Cc5ccccc5-6)c5cccc6c5C(C)(C)c5ccccc5-6)cc4c3c(C3=C(C)C=CCC=C3)c2C)C=CCC1. The van der Waals surface area contributed by atoms with Gasteiger partial charge in [0.1, 0.15) is 0 Å². The van der Waals surface area contributed by atoms with Crippen LogP contribution in [0.5, 0.6) is 0 Å². The van der Waals surface area contributed by atoms with E-state index in [1.165, 1.54) is 117 Å². The molecule has 4 aliphatic rings. The zero-order valence-corrected chi connectivity index (χ0v) is 35.5. The van der Waals surface area contributed by atoms with E-state index in [0.29, 0.717) is 0 Å². The normalized spacial score (nSPS) is 16.0. The Kier molecular flexibility index (Phi) is 8.60. The lowest BCUT2D eigenvalue weighted by molar-refractivity contribution is 0.661. The highest BCUT2D eigenvalue weighted by Gasteiger charge is 2.39. The summed E-state index contributed by atoms with van der Waals surface area (Å²) < 4.78 is 0. The first-order valence-corrected chi connectivity index (χ1v) is 22.0. The van der Waals surface area contributed by atoms with Gasteiger partial charge in [0.25, 0.3) is 0 Å². The van der Waals surface area contributed by atoms with Crippen LogP contribution in [0.4, 0.5) is 17.1 Å². The predicted molar refractivity (Wildman–Crippen MR) is 258 cm³/mol. The highest BCUT2D eigenvalue weighted by atomic mass is 15.1. The molecule has 0 fully saturated rings. The van der Waals surface area contributed by atoms with Crippen molar-refractivity contribution in [3.8, 4) is 22.3 Å². The molecule has 7 aromatic carbocycles.